The Morgan fingerprint density at radius 2 is 2.03 bits per heavy atom. The number of amides is 2. The van der Waals surface area contributed by atoms with Crippen molar-refractivity contribution < 1.29 is 14.3 Å². The van der Waals surface area contributed by atoms with E-state index in [1.54, 1.807) is 0 Å². The Hall–Kier alpha value is -1.99. The van der Waals surface area contributed by atoms with Crippen LogP contribution in [0.1, 0.15) is 50.8 Å². The highest BCUT2D eigenvalue weighted by Crippen LogP contribution is 2.42. The maximum Gasteiger partial charge on any atom is 0.225 e. The summed E-state index contributed by atoms with van der Waals surface area (Å²) in [6.45, 7) is 9.77. The zero-order valence-electron chi connectivity index (χ0n) is 19.0. The molecule has 3 heterocycles. The molecule has 0 unspecified atom stereocenters. The van der Waals surface area contributed by atoms with Crippen molar-refractivity contribution in [3.8, 4) is 0 Å². The fraction of sp³-hybridized carbons (Fsp3) is 0.708. The van der Waals surface area contributed by atoms with Crippen molar-refractivity contribution in [1.29, 1.82) is 0 Å². The van der Waals surface area contributed by atoms with Crippen LogP contribution in [-0.2, 0) is 20.9 Å². The summed E-state index contributed by atoms with van der Waals surface area (Å²) in [6, 6.07) is 4.66. The number of ether oxygens (including phenoxy) is 1. The molecule has 1 aliphatic carbocycles. The molecular formula is C24H36N4O3. The number of nitrogens with one attached hydrogen (secondary N) is 1. The first-order valence-corrected chi connectivity index (χ1v) is 11.8. The molecule has 2 saturated heterocycles. The van der Waals surface area contributed by atoms with Crippen LogP contribution in [0.5, 0.6) is 0 Å². The van der Waals surface area contributed by atoms with Gasteiger partial charge >= 0.3 is 0 Å². The van der Waals surface area contributed by atoms with Crippen LogP contribution in [0, 0.1) is 18.8 Å². The summed E-state index contributed by atoms with van der Waals surface area (Å²) < 4.78 is 6.19. The molecule has 0 radical (unpaired) electrons. The maximum atomic E-state index is 12.8. The van der Waals surface area contributed by atoms with Gasteiger partial charge in [-0.3, -0.25) is 19.5 Å². The van der Waals surface area contributed by atoms with Crippen molar-refractivity contribution in [3.05, 3.63) is 29.6 Å². The molecule has 7 heteroatoms. The number of carbonyl (C=O) groups excluding carboxylic acids is 2. The van der Waals surface area contributed by atoms with E-state index in [1.807, 2.05) is 31.0 Å². The van der Waals surface area contributed by atoms with E-state index >= 15 is 0 Å². The number of pyridine rings is 1. The average Bonchev–Trinajstić information content (AvgIpc) is 3.36. The Morgan fingerprint density at radius 1 is 1.26 bits per heavy atom. The van der Waals surface area contributed by atoms with Crippen molar-refractivity contribution in [2.24, 2.45) is 11.8 Å². The van der Waals surface area contributed by atoms with Gasteiger partial charge in [-0.2, -0.15) is 0 Å². The highest BCUT2D eigenvalue weighted by Gasteiger charge is 2.51. The predicted octanol–water partition coefficient (Wildman–Crippen LogP) is 2.13. The summed E-state index contributed by atoms with van der Waals surface area (Å²) >= 11 is 0. The molecule has 1 N–H and O–H groups in total. The monoisotopic (exact) mass is 428 g/mol. The van der Waals surface area contributed by atoms with Crippen LogP contribution < -0.4 is 5.32 Å². The first kappa shape index (κ1) is 22.2. The zero-order chi connectivity index (χ0) is 22.0. The number of rotatable bonds is 9. The van der Waals surface area contributed by atoms with Gasteiger partial charge in [-0.15, -0.1) is 0 Å². The van der Waals surface area contributed by atoms with Gasteiger partial charge in [0.1, 0.15) is 0 Å². The lowest BCUT2D eigenvalue weighted by molar-refractivity contribution is -0.133. The van der Waals surface area contributed by atoms with Crippen molar-refractivity contribution in [2.45, 2.75) is 71.2 Å². The normalized spacial score (nSPS) is 27.8. The molecule has 1 aromatic rings. The Morgan fingerprint density at radius 3 is 2.71 bits per heavy atom. The van der Waals surface area contributed by atoms with E-state index in [2.05, 4.69) is 28.2 Å². The minimum atomic E-state index is -0.119. The molecule has 0 spiro atoms. The minimum Gasteiger partial charge on any atom is -0.376 e. The summed E-state index contributed by atoms with van der Waals surface area (Å²) in [5.41, 5.74) is 2.26. The highest BCUT2D eigenvalue weighted by atomic mass is 16.5. The zero-order valence-corrected chi connectivity index (χ0v) is 19.0. The van der Waals surface area contributed by atoms with Gasteiger partial charge in [0.05, 0.1) is 24.8 Å². The number of nitrogens with zero attached hydrogens (tertiary/aromatic N) is 3. The van der Waals surface area contributed by atoms with Crippen molar-refractivity contribution in [2.75, 3.05) is 26.2 Å². The molecule has 0 bridgehead atoms. The molecule has 4 atom stereocenters. The number of hydrogen-bond acceptors (Lipinski definition) is 5. The van der Waals surface area contributed by atoms with Crippen molar-refractivity contribution in [1.82, 2.24) is 20.1 Å². The Labute approximate surface area is 185 Å². The number of fused-ring (bicyclic) bond motifs is 1. The van der Waals surface area contributed by atoms with Gasteiger partial charge in [0.25, 0.3) is 0 Å². The maximum absolute atomic E-state index is 12.8. The summed E-state index contributed by atoms with van der Waals surface area (Å²) in [4.78, 5) is 34.3. The molecule has 2 aliphatic heterocycles. The third-order valence-corrected chi connectivity index (χ3v) is 7.19. The van der Waals surface area contributed by atoms with E-state index in [1.165, 1.54) is 5.56 Å². The van der Waals surface area contributed by atoms with Crippen molar-refractivity contribution >= 4 is 11.8 Å². The minimum absolute atomic E-state index is 0.119. The number of aryl methyl sites for hydroxylation is 1. The molecule has 31 heavy (non-hydrogen) atoms. The topological polar surface area (TPSA) is 74.8 Å². The molecule has 2 amide bonds. The highest BCUT2D eigenvalue weighted by molar-refractivity contribution is 5.77. The molecule has 1 saturated carbocycles. The molecular weight excluding hydrogens is 392 g/mol. The van der Waals surface area contributed by atoms with Gasteiger partial charge in [0, 0.05) is 56.8 Å². The second kappa shape index (κ2) is 9.65. The first-order chi connectivity index (χ1) is 15.0. The van der Waals surface area contributed by atoms with Crippen LogP contribution in [0.25, 0.3) is 0 Å². The molecule has 1 aromatic heterocycles. The Kier molecular flexibility index (Phi) is 6.92. The SMILES string of the molecule is CCN(CC)C(=O)C[C@@H]1OC[C@@H]2[C@H]1[C@H](CC(=O)NC1CC1)CN2Cc1ncccc1C. The second-order valence-corrected chi connectivity index (χ2v) is 9.29. The molecule has 3 fully saturated rings. The van der Waals surface area contributed by atoms with Crippen LogP contribution >= 0.6 is 0 Å². The van der Waals surface area contributed by atoms with Crippen LogP contribution in [0.3, 0.4) is 0 Å². The van der Waals surface area contributed by atoms with E-state index in [0.717, 1.165) is 31.6 Å². The van der Waals surface area contributed by atoms with E-state index in [9.17, 15) is 9.59 Å². The largest absolute Gasteiger partial charge is 0.376 e. The fourth-order valence-electron chi connectivity index (χ4n) is 5.30. The smallest absolute Gasteiger partial charge is 0.225 e. The lowest BCUT2D eigenvalue weighted by Crippen LogP contribution is -2.37. The molecule has 3 aliphatic rings. The summed E-state index contributed by atoms with van der Waals surface area (Å²) in [5, 5.41) is 3.14. The van der Waals surface area contributed by atoms with Crippen LogP contribution in [-0.4, -0.2) is 71.0 Å². The summed E-state index contributed by atoms with van der Waals surface area (Å²) in [5.74, 6) is 0.692. The quantitative estimate of drug-likeness (QED) is 0.652. The van der Waals surface area contributed by atoms with Crippen molar-refractivity contribution in [3.63, 3.8) is 0 Å². The van der Waals surface area contributed by atoms with Gasteiger partial charge in [0.2, 0.25) is 11.8 Å². The molecule has 4 rings (SSSR count). The van der Waals surface area contributed by atoms with Gasteiger partial charge in [0.15, 0.2) is 0 Å². The van der Waals surface area contributed by atoms with Gasteiger partial charge in [-0.1, -0.05) is 6.07 Å². The number of carbonyl (C=O) groups is 2. The van der Waals surface area contributed by atoms with E-state index in [4.69, 9.17) is 4.74 Å². The second-order valence-electron chi connectivity index (χ2n) is 9.29. The Balaban J connectivity index is 1.48. The number of aromatic nitrogens is 1. The number of likely N-dealkylation sites (tertiary alicyclic amines) is 1. The van der Waals surface area contributed by atoms with Gasteiger partial charge < -0.3 is 15.0 Å². The molecule has 7 nitrogen and oxygen atoms in total. The first-order valence-electron chi connectivity index (χ1n) is 11.8. The van der Waals surface area contributed by atoms with Gasteiger partial charge in [-0.05, 0) is 51.2 Å². The molecule has 0 aromatic carbocycles. The van der Waals surface area contributed by atoms with Crippen LogP contribution in [0.4, 0.5) is 0 Å². The third kappa shape index (κ3) is 5.09. The third-order valence-electron chi connectivity index (χ3n) is 7.19. The number of hydrogen-bond donors (Lipinski definition) is 1. The predicted molar refractivity (Wildman–Crippen MR) is 118 cm³/mol. The lowest BCUT2D eigenvalue weighted by atomic mass is 9.84. The van der Waals surface area contributed by atoms with E-state index < -0.39 is 0 Å². The summed E-state index contributed by atoms with van der Waals surface area (Å²) in [6.07, 6.45) is 4.82. The summed E-state index contributed by atoms with van der Waals surface area (Å²) in [7, 11) is 0. The average molecular weight is 429 g/mol. The van der Waals surface area contributed by atoms with Crippen LogP contribution in [0.15, 0.2) is 18.3 Å². The van der Waals surface area contributed by atoms with Crippen LogP contribution in [0.2, 0.25) is 0 Å². The Bertz CT molecular complexity index is 793. The standard InChI is InChI=1S/C24H36N4O3/c1-4-27(5-2)23(30)12-21-24-17(11-22(29)26-18-8-9-18)13-28(20(24)15-31-21)14-19-16(3)7-6-10-25-19/h6-7,10,17-18,20-21,24H,4-5,8-9,11-15H2,1-3H3,(H,26,29)/t17-,20-,21+,24-/m1/s1. The van der Waals surface area contributed by atoms with E-state index in [0.29, 0.717) is 38.6 Å². The fourth-order valence-corrected chi connectivity index (χ4v) is 5.30. The van der Waals surface area contributed by atoms with Gasteiger partial charge in [-0.25, -0.2) is 0 Å². The lowest BCUT2D eigenvalue weighted by Gasteiger charge is -2.26. The van der Waals surface area contributed by atoms with E-state index in [-0.39, 0.29) is 35.8 Å². The molecule has 170 valence electrons.